The van der Waals surface area contributed by atoms with Crippen molar-refractivity contribution in [1.29, 1.82) is 0 Å². The van der Waals surface area contributed by atoms with Crippen molar-refractivity contribution in [3.63, 3.8) is 0 Å². The van der Waals surface area contributed by atoms with Crippen LogP contribution in [-0.2, 0) is 6.18 Å². The summed E-state index contributed by atoms with van der Waals surface area (Å²) >= 11 is 0. The largest absolute Gasteiger partial charge is 0.417 e. The van der Waals surface area contributed by atoms with Crippen molar-refractivity contribution in [2.45, 2.75) is 13.1 Å². The summed E-state index contributed by atoms with van der Waals surface area (Å²) in [7, 11) is 3.85. The average molecular weight is 347 g/mol. The van der Waals surface area contributed by atoms with Crippen LogP contribution in [0.2, 0.25) is 0 Å². The number of rotatable bonds is 3. The third-order valence-electron chi connectivity index (χ3n) is 3.71. The van der Waals surface area contributed by atoms with Crippen molar-refractivity contribution in [1.82, 2.24) is 9.38 Å². The van der Waals surface area contributed by atoms with Crippen LogP contribution in [0.3, 0.4) is 0 Å². The van der Waals surface area contributed by atoms with Crippen LogP contribution in [0.1, 0.15) is 11.3 Å². The van der Waals surface area contributed by atoms with E-state index in [1.807, 2.05) is 31.1 Å². The van der Waals surface area contributed by atoms with E-state index >= 15 is 0 Å². The minimum absolute atomic E-state index is 0.276. The fourth-order valence-corrected chi connectivity index (χ4v) is 2.36. The van der Waals surface area contributed by atoms with Gasteiger partial charge in [-0.1, -0.05) is 0 Å². The number of imidazole rings is 1. The number of benzene rings is 1. The zero-order valence-corrected chi connectivity index (χ0v) is 13.9. The molecule has 2 heterocycles. The standard InChI is InChI=1S/C17H16F3N5/c1-11-16(23-22-13-5-7-14(8-6-13)24(2)3)25-10-12(17(18,19)20)4-9-15(25)21-11/h4-10H,1-3H3. The Morgan fingerprint density at radius 2 is 1.68 bits per heavy atom. The van der Waals surface area contributed by atoms with Gasteiger partial charge >= 0.3 is 6.18 Å². The smallest absolute Gasteiger partial charge is 0.378 e. The third kappa shape index (κ3) is 3.47. The topological polar surface area (TPSA) is 45.3 Å². The molecule has 5 nitrogen and oxygen atoms in total. The molecule has 2 aromatic heterocycles. The number of hydrogen-bond acceptors (Lipinski definition) is 4. The summed E-state index contributed by atoms with van der Waals surface area (Å²) in [6.45, 7) is 1.68. The zero-order valence-electron chi connectivity index (χ0n) is 13.9. The van der Waals surface area contributed by atoms with E-state index < -0.39 is 11.7 Å². The lowest BCUT2D eigenvalue weighted by molar-refractivity contribution is -0.137. The molecular formula is C17H16F3N5. The molecule has 0 spiro atoms. The molecule has 0 aliphatic heterocycles. The van der Waals surface area contributed by atoms with Crippen LogP contribution in [0.25, 0.3) is 5.65 Å². The zero-order chi connectivity index (χ0) is 18.2. The Hall–Kier alpha value is -2.90. The van der Waals surface area contributed by atoms with Crippen molar-refractivity contribution in [3.05, 3.63) is 53.9 Å². The fourth-order valence-electron chi connectivity index (χ4n) is 2.36. The second-order valence-corrected chi connectivity index (χ2v) is 5.78. The first kappa shape index (κ1) is 16.9. The van der Waals surface area contributed by atoms with Crippen molar-refractivity contribution in [2.75, 3.05) is 19.0 Å². The van der Waals surface area contributed by atoms with Gasteiger partial charge in [0.2, 0.25) is 0 Å². The number of nitrogens with zero attached hydrogens (tertiary/aromatic N) is 5. The number of fused-ring (bicyclic) bond motifs is 1. The SMILES string of the molecule is Cc1nc2ccc(C(F)(F)F)cn2c1N=Nc1ccc(N(C)C)cc1. The molecule has 0 bridgehead atoms. The van der Waals surface area contributed by atoms with E-state index in [2.05, 4.69) is 15.2 Å². The van der Waals surface area contributed by atoms with Gasteiger partial charge in [0, 0.05) is 26.0 Å². The lowest BCUT2D eigenvalue weighted by Gasteiger charge is -2.11. The van der Waals surface area contributed by atoms with Crippen LogP contribution in [0.5, 0.6) is 0 Å². The summed E-state index contributed by atoms with van der Waals surface area (Å²) in [6, 6.07) is 9.68. The maximum absolute atomic E-state index is 12.9. The Bertz CT molecular complexity index is 924. The third-order valence-corrected chi connectivity index (χ3v) is 3.71. The van der Waals surface area contributed by atoms with Crippen LogP contribution in [-0.4, -0.2) is 23.5 Å². The highest BCUT2D eigenvalue weighted by Crippen LogP contribution is 2.31. The summed E-state index contributed by atoms with van der Waals surface area (Å²) in [4.78, 5) is 6.17. The summed E-state index contributed by atoms with van der Waals surface area (Å²) < 4.78 is 40.1. The van der Waals surface area contributed by atoms with E-state index in [0.29, 0.717) is 17.0 Å². The van der Waals surface area contributed by atoms with Gasteiger partial charge in [-0.2, -0.15) is 13.2 Å². The Kier molecular flexibility index (Phi) is 4.20. The minimum Gasteiger partial charge on any atom is -0.378 e. The first-order chi connectivity index (χ1) is 11.8. The number of azo groups is 1. The van der Waals surface area contributed by atoms with E-state index in [9.17, 15) is 13.2 Å². The van der Waals surface area contributed by atoms with Crippen LogP contribution < -0.4 is 4.90 Å². The van der Waals surface area contributed by atoms with Crippen molar-refractivity contribution < 1.29 is 13.2 Å². The van der Waals surface area contributed by atoms with Crippen LogP contribution >= 0.6 is 0 Å². The van der Waals surface area contributed by atoms with Gasteiger partial charge in [-0.25, -0.2) is 4.98 Å². The highest BCUT2D eigenvalue weighted by atomic mass is 19.4. The van der Waals surface area contributed by atoms with Crippen molar-refractivity contribution in [3.8, 4) is 0 Å². The van der Waals surface area contributed by atoms with E-state index in [-0.39, 0.29) is 5.82 Å². The van der Waals surface area contributed by atoms with Crippen molar-refractivity contribution >= 4 is 22.8 Å². The molecule has 25 heavy (non-hydrogen) atoms. The van der Waals surface area contributed by atoms with Crippen LogP contribution in [0, 0.1) is 6.92 Å². The molecule has 0 radical (unpaired) electrons. The summed E-state index contributed by atoms with van der Waals surface area (Å²) in [5.41, 5.74) is 1.76. The molecule has 0 aliphatic rings. The minimum atomic E-state index is -4.43. The average Bonchev–Trinajstić information content (AvgIpc) is 2.87. The van der Waals surface area contributed by atoms with Gasteiger partial charge in [0.25, 0.3) is 0 Å². The predicted octanol–water partition coefficient (Wildman–Crippen LogP) is 5.14. The molecule has 0 saturated carbocycles. The molecule has 0 atom stereocenters. The van der Waals surface area contributed by atoms with Gasteiger partial charge in [0.1, 0.15) is 5.65 Å². The number of alkyl halides is 3. The number of aryl methyl sites for hydroxylation is 1. The Labute approximate surface area is 142 Å². The van der Waals surface area contributed by atoms with Gasteiger partial charge in [0.15, 0.2) is 5.82 Å². The molecule has 8 heteroatoms. The first-order valence-electron chi connectivity index (χ1n) is 7.51. The molecule has 1 aromatic carbocycles. The number of pyridine rings is 1. The van der Waals surface area contributed by atoms with E-state index in [0.717, 1.165) is 18.0 Å². The van der Waals surface area contributed by atoms with E-state index in [4.69, 9.17) is 0 Å². The number of halogens is 3. The van der Waals surface area contributed by atoms with E-state index in [1.54, 1.807) is 19.1 Å². The number of hydrogen-bond donors (Lipinski definition) is 0. The molecule has 0 aliphatic carbocycles. The van der Waals surface area contributed by atoms with Gasteiger partial charge in [0.05, 0.1) is 16.9 Å². The maximum Gasteiger partial charge on any atom is 0.417 e. The van der Waals surface area contributed by atoms with Crippen LogP contribution in [0.4, 0.5) is 30.4 Å². The van der Waals surface area contributed by atoms with E-state index in [1.165, 1.54) is 10.5 Å². The lowest BCUT2D eigenvalue weighted by atomic mass is 10.3. The van der Waals surface area contributed by atoms with Gasteiger partial charge in [-0.05, 0) is 43.3 Å². The summed E-state index contributed by atoms with van der Waals surface area (Å²) in [5.74, 6) is 0.276. The highest BCUT2D eigenvalue weighted by Gasteiger charge is 2.31. The lowest BCUT2D eigenvalue weighted by Crippen LogP contribution is -2.07. The predicted molar refractivity (Wildman–Crippen MR) is 89.9 cm³/mol. The monoisotopic (exact) mass is 347 g/mol. The molecule has 0 fully saturated rings. The molecular weight excluding hydrogens is 331 g/mol. The molecule has 3 aromatic rings. The Morgan fingerprint density at radius 3 is 2.28 bits per heavy atom. The molecule has 3 rings (SSSR count). The van der Waals surface area contributed by atoms with Gasteiger partial charge < -0.3 is 4.90 Å². The van der Waals surface area contributed by atoms with Crippen molar-refractivity contribution in [2.24, 2.45) is 10.2 Å². The molecule has 130 valence electrons. The number of anilines is 1. The highest BCUT2D eigenvalue weighted by molar-refractivity contribution is 5.54. The second-order valence-electron chi connectivity index (χ2n) is 5.78. The normalized spacial score (nSPS) is 12.2. The quantitative estimate of drug-likeness (QED) is 0.616. The molecule has 0 N–H and O–H groups in total. The Morgan fingerprint density at radius 1 is 1.00 bits per heavy atom. The molecule has 0 saturated heterocycles. The van der Waals surface area contributed by atoms with Gasteiger partial charge in [-0.3, -0.25) is 4.40 Å². The summed E-state index contributed by atoms with van der Waals surface area (Å²) in [5, 5.41) is 8.22. The van der Waals surface area contributed by atoms with Crippen LogP contribution in [0.15, 0.2) is 52.8 Å². The number of aromatic nitrogens is 2. The molecule has 0 amide bonds. The Balaban J connectivity index is 1.98. The molecule has 0 unspecified atom stereocenters. The second kappa shape index (κ2) is 6.19. The first-order valence-corrected chi connectivity index (χ1v) is 7.51. The van der Waals surface area contributed by atoms with Gasteiger partial charge in [-0.15, -0.1) is 10.2 Å². The maximum atomic E-state index is 12.9. The fraction of sp³-hybridized carbons (Fsp3) is 0.235. The summed E-state index contributed by atoms with van der Waals surface area (Å²) in [6.07, 6.45) is -3.44.